The molecule has 22 heavy (non-hydrogen) atoms. The van der Waals surface area contributed by atoms with Gasteiger partial charge in [-0.3, -0.25) is 4.79 Å². The molecule has 7 nitrogen and oxygen atoms in total. The summed E-state index contributed by atoms with van der Waals surface area (Å²) < 4.78 is 13.3. The molecule has 0 radical (unpaired) electrons. The number of hydrogen-bond acceptors (Lipinski definition) is 4. The predicted molar refractivity (Wildman–Crippen MR) is 75.2 cm³/mol. The van der Waals surface area contributed by atoms with Crippen LogP contribution in [0.1, 0.15) is 20.7 Å². The minimum atomic E-state index is -1.40. The summed E-state index contributed by atoms with van der Waals surface area (Å²) in [5, 5.41) is 21.6. The van der Waals surface area contributed by atoms with E-state index in [1.807, 2.05) is 0 Å². The first-order valence-electron chi connectivity index (χ1n) is 6.19. The number of benzene rings is 2. The molecule has 0 aliphatic rings. The second-order valence-corrected chi connectivity index (χ2v) is 4.48. The molecule has 1 heterocycles. The first kappa shape index (κ1) is 13.7. The minimum absolute atomic E-state index is 0.184. The van der Waals surface area contributed by atoms with Crippen molar-refractivity contribution in [2.75, 3.05) is 5.32 Å². The molecule has 0 aliphatic heterocycles. The quantitative estimate of drug-likeness (QED) is 0.686. The maximum absolute atomic E-state index is 13.3. The Kier molecular flexibility index (Phi) is 3.26. The lowest BCUT2D eigenvalue weighted by atomic mass is 10.1. The molecule has 1 amide bonds. The zero-order valence-corrected chi connectivity index (χ0v) is 11.0. The largest absolute Gasteiger partial charge is 0.478 e. The molecule has 2 aromatic carbocycles. The van der Waals surface area contributed by atoms with Crippen LogP contribution in [0.15, 0.2) is 36.4 Å². The topological polar surface area (TPSA) is 108 Å². The van der Waals surface area contributed by atoms with Crippen molar-refractivity contribution in [2.24, 2.45) is 0 Å². The van der Waals surface area contributed by atoms with Gasteiger partial charge in [-0.15, -0.1) is 0 Å². The van der Waals surface area contributed by atoms with Crippen LogP contribution in [-0.4, -0.2) is 32.4 Å². The standard InChI is InChI=1S/C14H9FN4O3/c15-10-3-2-8(6-9(10)14(21)22)16-13(20)7-1-4-11-12(5-7)18-19-17-11/h1-6H,(H,16,20)(H,21,22)(H,17,18,19). The third-order valence-electron chi connectivity index (χ3n) is 3.03. The molecule has 0 saturated heterocycles. The van der Waals surface area contributed by atoms with E-state index in [-0.39, 0.29) is 5.69 Å². The van der Waals surface area contributed by atoms with E-state index >= 15 is 0 Å². The smallest absolute Gasteiger partial charge is 0.338 e. The number of nitrogens with one attached hydrogen (secondary N) is 2. The normalized spacial score (nSPS) is 10.6. The number of carbonyl (C=O) groups is 2. The second kappa shape index (κ2) is 5.24. The highest BCUT2D eigenvalue weighted by molar-refractivity contribution is 6.06. The highest BCUT2D eigenvalue weighted by atomic mass is 19.1. The molecule has 0 fully saturated rings. The molecule has 3 N–H and O–H groups in total. The van der Waals surface area contributed by atoms with E-state index in [9.17, 15) is 14.0 Å². The molecule has 110 valence electrons. The Balaban J connectivity index is 1.87. The molecule has 8 heteroatoms. The third kappa shape index (κ3) is 2.49. The summed E-state index contributed by atoms with van der Waals surface area (Å²) in [6.07, 6.45) is 0. The molecule has 0 atom stereocenters. The fourth-order valence-corrected chi connectivity index (χ4v) is 1.95. The van der Waals surface area contributed by atoms with Crippen LogP contribution in [0.3, 0.4) is 0 Å². The van der Waals surface area contributed by atoms with Crippen molar-refractivity contribution in [3.05, 3.63) is 53.3 Å². The van der Waals surface area contributed by atoms with Gasteiger partial charge in [-0.25, -0.2) is 9.18 Å². The molecular weight excluding hydrogens is 291 g/mol. The zero-order chi connectivity index (χ0) is 15.7. The maximum Gasteiger partial charge on any atom is 0.338 e. The van der Waals surface area contributed by atoms with E-state index in [1.54, 1.807) is 12.1 Å². The molecular formula is C14H9FN4O3. The lowest BCUT2D eigenvalue weighted by Gasteiger charge is -2.06. The van der Waals surface area contributed by atoms with Crippen LogP contribution < -0.4 is 5.32 Å². The van der Waals surface area contributed by atoms with Crippen LogP contribution in [0.25, 0.3) is 11.0 Å². The number of carboxylic acids is 1. The highest BCUT2D eigenvalue weighted by Crippen LogP contribution is 2.17. The number of H-pyrrole nitrogens is 1. The van der Waals surface area contributed by atoms with Crippen LogP contribution in [0.4, 0.5) is 10.1 Å². The second-order valence-electron chi connectivity index (χ2n) is 4.48. The lowest BCUT2D eigenvalue weighted by Crippen LogP contribution is -2.12. The SMILES string of the molecule is O=C(Nc1ccc(F)c(C(=O)O)c1)c1ccc2n[nH]nc2c1. The summed E-state index contributed by atoms with van der Waals surface area (Å²) in [6.45, 7) is 0. The minimum Gasteiger partial charge on any atom is -0.478 e. The summed E-state index contributed by atoms with van der Waals surface area (Å²) in [5.74, 6) is -2.74. The van der Waals surface area contributed by atoms with E-state index in [2.05, 4.69) is 20.7 Å². The van der Waals surface area contributed by atoms with Gasteiger partial charge in [-0.2, -0.15) is 15.4 Å². The van der Waals surface area contributed by atoms with Gasteiger partial charge >= 0.3 is 5.97 Å². The Bertz CT molecular complexity index is 891. The van der Waals surface area contributed by atoms with Gasteiger partial charge in [0.05, 0.1) is 5.56 Å². The van der Waals surface area contributed by atoms with Crippen molar-refractivity contribution in [2.45, 2.75) is 0 Å². The van der Waals surface area contributed by atoms with Crippen LogP contribution in [0, 0.1) is 5.82 Å². The van der Waals surface area contributed by atoms with Crippen molar-refractivity contribution < 1.29 is 19.1 Å². The first-order valence-corrected chi connectivity index (χ1v) is 6.19. The van der Waals surface area contributed by atoms with Gasteiger partial charge in [0, 0.05) is 11.3 Å². The average Bonchev–Trinajstić information content (AvgIpc) is 2.96. The lowest BCUT2D eigenvalue weighted by molar-refractivity contribution is 0.0691. The molecule has 0 aliphatic carbocycles. The molecule has 1 aromatic heterocycles. The predicted octanol–water partition coefficient (Wildman–Crippen LogP) is 2.05. The van der Waals surface area contributed by atoms with Crippen LogP contribution in [0.2, 0.25) is 0 Å². The summed E-state index contributed by atoms with van der Waals surface area (Å²) in [5.41, 5.74) is 1.14. The van der Waals surface area contributed by atoms with Gasteiger partial charge in [0.1, 0.15) is 16.9 Å². The van der Waals surface area contributed by atoms with Gasteiger partial charge in [0.2, 0.25) is 0 Å². The van der Waals surface area contributed by atoms with E-state index in [4.69, 9.17) is 5.11 Å². The number of aromatic nitrogens is 3. The van der Waals surface area contributed by atoms with Crippen molar-refractivity contribution >= 4 is 28.6 Å². The number of nitrogens with zero attached hydrogens (tertiary/aromatic N) is 2. The van der Waals surface area contributed by atoms with E-state index in [1.165, 1.54) is 12.1 Å². The number of rotatable bonds is 3. The van der Waals surface area contributed by atoms with Crippen LogP contribution in [-0.2, 0) is 0 Å². The Hall–Kier alpha value is -3.29. The summed E-state index contributed by atoms with van der Waals surface area (Å²) in [7, 11) is 0. The first-order chi connectivity index (χ1) is 10.5. The van der Waals surface area contributed by atoms with Crippen molar-refractivity contribution in [1.82, 2.24) is 15.4 Å². The number of aromatic amines is 1. The number of carboxylic acid groups (broad SMARTS) is 1. The number of amides is 1. The number of fused-ring (bicyclic) bond motifs is 1. The molecule has 3 aromatic rings. The van der Waals surface area contributed by atoms with Crippen molar-refractivity contribution in [3.8, 4) is 0 Å². The molecule has 0 unspecified atom stereocenters. The molecule has 0 saturated carbocycles. The monoisotopic (exact) mass is 300 g/mol. The van der Waals surface area contributed by atoms with Gasteiger partial charge < -0.3 is 10.4 Å². The van der Waals surface area contributed by atoms with Gasteiger partial charge in [-0.1, -0.05) is 0 Å². The fraction of sp³-hybridized carbons (Fsp3) is 0. The summed E-state index contributed by atoms with van der Waals surface area (Å²) in [6, 6.07) is 8.05. The average molecular weight is 300 g/mol. The van der Waals surface area contributed by atoms with E-state index < -0.39 is 23.3 Å². The zero-order valence-electron chi connectivity index (χ0n) is 11.0. The number of halogens is 1. The Labute approximate surface area is 122 Å². The Morgan fingerprint density at radius 2 is 1.86 bits per heavy atom. The van der Waals surface area contributed by atoms with Gasteiger partial charge in [-0.05, 0) is 36.4 Å². The summed E-state index contributed by atoms with van der Waals surface area (Å²) in [4.78, 5) is 23.0. The molecule has 0 spiro atoms. The molecule has 3 rings (SSSR count). The third-order valence-corrected chi connectivity index (χ3v) is 3.03. The number of aromatic carboxylic acids is 1. The highest BCUT2D eigenvalue weighted by Gasteiger charge is 2.13. The van der Waals surface area contributed by atoms with Crippen molar-refractivity contribution in [3.63, 3.8) is 0 Å². The van der Waals surface area contributed by atoms with Crippen LogP contribution >= 0.6 is 0 Å². The van der Waals surface area contributed by atoms with Gasteiger partial charge in [0.15, 0.2) is 0 Å². The Morgan fingerprint density at radius 3 is 2.64 bits per heavy atom. The fourth-order valence-electron chi connectivity index (χ4n) is 1.95. The number of anilines is 1. The number of hydrogen-bond donors (Lipinski definition) is 3. The maximum atomic E-state index is 13.3. The number of carbonyl (C=O) groups excluding carboxylic acids is 1. The van der Waals surface area contributed by atoms with E-state index in [0.717, 1.165) is 12.1 Å². The summed E-state index contributed by atoms with van der Waals surface area (Å²) >= 11 is 0. The Morgan fingerprint density at radius 1 is 1.09 bits per heavy atom. The van der Waals surface area contributed by atoms with Gasteiger partial charge in [0.25, 0.3) is 5.91 Å². The van der Waals surface area contributed by atoms with E-state index in [0.29, 0.717) is 16.6 Å². The van der Waals surface area contributed by atoms with Crippen LogP contribution in [0.5, 0.6) is 0 Å². The molecule has 0 bridgehead atoms. The van der Waals surface area contributed by atoms with Crippen molar-refractivity contribution in [1.29, 1.82) is 0 Å².